The standard InChI is InChI=1S/C18H21N5/c1-3-23-9-8-17-16(12-23)18(21-13-20-17)22(2)11-15-6-4-14(10-19)5-7-15/h4-7,13H,3,8-9,11-12H2,1-2H3. The van der Waals surface area contributed by atoms with Gasteiger partial charge in [-0.05, 0) is 24.2 Å². The summed E-state index contributed by atoms with van der Waals surface area (Å²) in [4.78, 5) is 13.6. The van der Waals surface area contributed by atoms with Crippen LogP contribution in [0.25, 0.3) is 0 Å². The van der Waals surface area contributed by atoms with Crippen molar-refractivity contribution < 1.29 is 0 Å². The molecule has 1 aromatic heterocycles. The topological polar surface area (TPSA) is 56.1 Å². The number of hydrogen-bond donors (Lipinski definition) is 0. The number of rotatable bonds is 4. The van der Waals surface area contributed by atoms with Crippen LogP contribution < -0.4 is 4.90 Å². The van der Waals surface area contributed by atoms with Crippen LogP contribution in [-0.2, 0) is 19.5 Å². The third-order valence-electron chi connectivity index (χ3n) is 4.37. The monoisotopic (exact) mass is 307 g/mol. The van der Waals surface area contributed by atoms with Gasteiger partial charge in [-0.1, -0.05) is 19.1 Å². The normalized spacial score (nSPS) is 14.1. The molecule has 0 aliphatic carbocycles. The Balaban J connectivity index is 1.82. The summed E-state index contributed by atoms with van der Waals surface area (Å²) >= 11 is 0. The average Bonchev–Trinajstić information content (AvgIpc) is 2.61. The Morgan fingerprint density at radius 3 is 2.74 bits per heavy atom. The van der Waals surface area contributed by atoms with E-state index in [1.807, 2.05) is 24.3 Å². The maximum atomic E-state index is 8.89. The second-order valence-corrected chi connectivity index (χ2v) is 5.91. The molecule has 0 N–H and O–H groups in total. The highest BCUT2D eigenvalue weighted by molar-refractivity contribution is 5.49. The van der Waals surface area contributed by atoms with Crippen molar-refractivity contribution in [3.63, 3.8) is 0 Å². The molecular formula is C18H21N5. The summed E-state index contributed by atoms with van der Waals surface area (Å²) in [6, 6.07) is 9.87. The molecule has 0 saturated heterocycles. The molecule has 3 rings (SSSR count). The largest absolute Gasteiger partial charge is 0.355 e. The van der Waals surface area contributed by atoms with Gasteiger partial charge in [0.25, 0.3) is 0 Å². The van der Waals surface area contributed by atoms with Gasteiger partial charge in [0.15, 0.2) is 0 Å². The molecular weight excluding hydrogens is 286 g/mol. The molecule has 1 aromatic carbocycles. The van der Waals surface area contributed by atoms with Crippen LogP contribution in [0.4, 0.5) is 5.82 Å². The van der Waals surface area contributed by atoms with E-state index >= 15 is 0 Å². The summed E-state index contributed by atoms with van der Waals surface area (Å²) in [6.07, 6.45) is 2.66. The molecule has 0 saturated carbocycles. The summed E-state index contributed by atoms with van der Waals surface area (Å²) in [5, 5.41) is 8.89. The first-order valence-corrected chi connectivity index (χ1v) is 7.96. The zero-order valence-corrected chi connectivity index (χ0v) is 13.7. The third-order valence-corrected chi connectivity index (χ3v) is 4.37. The molecule has 0 spiro atoms. The van der Waals surface area contributed by atoms with Gasteiger partial charge in [0.05, 0.1) is 17.3 Å². The van der Waals surface area contributed by atoms with Crippen molar-refractivity contribution in [3.05, 3.63) is 53.0 Å². The van der Waals surface area contributed by atoms with Crippen molar-refractivity contribution in [2.75, 3.05) is 25.0 Å². The number of nitriles is 1. The smallest absolute Gasteiger partial charge is 0.136 e. The highest BCUT2D eigenvalue weighted by Crippen LogP contribution is 2.25. The Kier molecular flexibility index (Phi) is 4.54. The lowest BCUT2D eigenvalue weighted by molar-refractivity contribution is 0.265. The maximum absolute atomic E-state index is 8.89. The van der Waals surface area contributed by atoms with Gasteiger partial charge in [0.2, 0.25) is 0 Å². The SMILES string of the molecule is CCN1CCc2ncnc(N(C)Cc3ccc(C#N)cc3)c2C1. The van der Waals surface area contributed by atoms with E-state index in [0.29, 0.717) is 5.56 Å². The molecule has 1 aliphatic rings. The molecule has 0 bridgehead atoms. The van der Waals surface area contributed by atoms with Crippen LogP contribution >= 0.6 is 0 Å². The highest BCUT2D eigenvalue weighted by atomic mass is 15.2. The van der Waals surface area contributed by atoms with Crippen LogP contribution in [0.1, 0.15) is 29.3 Å². The lowest BCUT2D eigenvalue weighted by Gasteiger charge is -2.30. The fourth-order valence-corrected chi connectivity index (χ4v) is 3.01. The molecule has 0 unspecified atom stereocenters. The van der Waals surface area contributed by atoms with E-state index in [9.17, 15) is 0 Å². The average molecular weight is 307 g/mol. The minimum atomic E-state index is 0.689. The van der Waals surface area contributed by atoms with Gasteiger partial charge in [0.1, 0.15) is 12.1 Å². The van der Waals surface area contributed by atoms with Crippen LogP contribution in [0, 0.1) is 11.3 Å². The second-order valence-electron chi connectivity index (χ2n) is 5.91. The van der Waals surface area contributed by atoms with E-state index < -0.39 is 0 Å². The zero-order valence-electron chi connectivity index (χ0n) is 13.7. The predicted molar refractivity (Wildman–Crippen MR) is 90.0 cm³/mol. The molecule has 0 radical (unpaired) electrons. The van der Waals surface area contributed by atoms with Crippen LogP contribution in [0.15, 0.2) is 30.6 Å². The summed E-state index contributed by atoms with van der Waals surface area (Å²) in [5.41, 5.74) is 4.28. The minimum absolute atomic E-state index is 0.689. The van der Waals surface area contributed by atoms with Crippen LogP contribution in [0.5, 0.6) is 0 Å². The summed E-state index contributed by atoms with van der Waals surface area (Å²) < 4.78 is 0. The molecule has 0 atom stereocenters. The number of benzene rings is 1. The Bertz CT molecular complexity index is 717. The highest BCUT2D eigenvalue weighted by Gasteiger charge is 2.21. The lowest BCUT2D eigenvalue weighted by atomic mass is 10.1. The van der Waals surface area contributed by atoms with Crippen molar-refractivity contribution in [2.45, 2.75) is 26.4 Å². The molecule has 118 valence electrons. The second kappa shape index (κ2) is 6.76. The minimum Gasteiger partial charge on any atom is -0.355 e. The maximum Gasteiger partial charge on any atom is 0.136 e. The van der Waals surface area contributed by atoms with Gasteiger partial charge in [0, 0.05) is 38.7 Å². The van der Waals surface area contributed by atoms with E-state index in [4.69, 9.17) is 5.26 Å². The Hall–Kier alpha value is -2.45. The summed E-state index contributed by atoms with van der Waals surface area (Å²) in [5.74, 6) is 1.01. The molecule has 0 fully saturated rings. The van der Waals surface area contributed by atoms with Gasteiger partial charge >= 0.3 is 0 Å². The van der Waals surface area contributed by atoms with Crippen molar-refractivity contribution in [3.8, 4) is 6.07 Å². The number of anilines is 1. The molecule has 0 amide bonds. The zero-order chi connectivity index (χ0) is 16.2. The summed E-state index contributed by atoms with van der Waals surface area (Å²) in [7, 11) is 2.06. The van der Waals surface area contributed by atoms with E-state index in [1.54, 1.807) is 6.33 Å². The summed E-state index contributed by atoms with van der Waals surface area (Å²) in [6.45, 7) is 5.99. The van der Waals surface area contributed by atoms with Gasteiger partial charge in [-0.2, -0.15) is 5.26 Å². The first kappa shape index (κ1) is 15.4. The van der Waals surface area contributed by atoms with Gasteiger partial charge in [-0.3, -0.25) is 4.90 Å². The van der Waals surface area contributed by atoms with Crippen LogP contribution in [-0.4, -0.2) is 35.0 Å². The third kappa shape index (κ3) is 3.33. The van der Waals surface area contributed by atoms with Gasteiger partial charge < -0.3 is 4.90 Å². The molecule has 1 aliphatic heterocycles. The number of fused-ring (bicyclic) bond motifs is 1. The fraction of sp³-hybridized carbons (Fsp3) is 0.389. The van der Waals surface area contributed by atoms with Crippen molar-refractivity contribution >= 4 is 5.82 Å². The lowest BCUT2D eigenvalue weighted by Crippen LogP contribution is -2.33. The Morgan fingerprint density at radius 2 is 2.04 bits per heavy atom. The van der Waals surface area contributed by atoms with Crippen LogP contribution in [0.3, 0.4) is 0 Å². The molecule has 23 heavy (non-hydrogen) atoms. The number of aromatic nitrogens is 2. The van der Waals surface area contributed by atoms with E-state index in [0.717, 1.165) is 38.4 Å². The van der Waals surface area contributed by atoms with Crippen LogP contribution in [0.2, 0.25) is 0 Å². The molecule has 5 nitrogen and oxygen atoms in total. The van der Waals surface area contributed by atoms with Crippen molar-refractivity contribution in [2.24, 2.45) is 0 Å². The van der Waals surface area contributed by atoms with Crippen molar-refractivity contribution in [1.82, 2.24) is 14.9 Å². The molecule has 5 heteroatoms. The quantitative estimate of drug-likeness (QED) is 0.868. The van der Waals surface area contributed by atoms with Gasteiger partial charge in [-0.25, -0.2) is 9.97 Å². The van der Waals surface area contributed by atoms with E-state index in [2.05, 4.69) is 39.8 Å². The fourth-order valence-electron chi connectivity index (χ4n) is 3.01. The Labute approximate surface area is 137 Å². The number of likely N-dealkylation sites (N-methyl/N-ethyl adjacent to an activating group) is 1. The first-order chi connectivity index (χ1) is 11.2. The number of hydrogen-bond acceptors (Lipinski definition) is 5. The van der Waals surface area contributed by atoms with E-state index in [1.165, 1.54) is 16.8 Å². The number of nitrogens with zero attached hydrogens (tertiary/aromatic N) is 5. The molecule has 2 aromatic rings. The van der Waals surface area contributed by atoms with E-state index in [-0.39, 0.29) is 0 Å². The predicted octanol–water partition coefficient (Wildman–Crippen LogP) is 2.36. The van der Waals surface area contributed by atoms with Gasteiger partial charge in [-0.15, -0.1) is 0 Å². The van der Waals surface area contributed by atoms with Crippen molar-refractivity contribution in [1.29, 1.82) is 5.26 Å². The molecule has 2 heterocycles. The Morgan fingerprint density at radius 1 is 1.26 bits per heavy atom. The first-order valence-electron chi connectivity index (χ1n) is 7.96.